The van der Waals surface area contributed by atoms with Gasteiger partial charge in [0.2, 0.25) is 20.9 Å². The first kappa shape index (κ1) is 13.0. The van der Waals surface area contributed by atoms with Gasteiger partial charge in [0.1, 0.15) is 5.75 Å². The summed E-state index contributed by atoms with van der Waals surface area (Å²) >= 11 is 3.22. The van der Waals surface area contributed by atoms with Crippen molar-refractivity contribution in [2.24, 2.45) is 5.73 Å². The molecule has 0 aromatic carbocycles. The third kappa shape index (κ3) is 2.76. The smallest absolute Gasteiger partial charge is 0.248 e. The van der Waals surface area contributed by atoms with E-state index in [0.29, 0.717) is 15.9 Å². The van der Waals surface area contributed by atoms with Crippen molar-refractivity contribution in [3.63, 3.8) is 0 Å². The molecule has 1 rings (SSSR count). The topological polar surface area (TPSA) is 103 Å². The third-order valence-corrected chi connectivity index (χ3v) is 4.32. The Kier molecular flexibility index (Phi) is 3.64. The highest BCUT2D eigenvalue weighted by Crippen LogP contribution is 2.19. The number of nitrogens with two attached hydrogens (primary N) is 1. The van der Waals surface area contributed by atoms with Gasteiger partial charge in [-0.05, 0) is 29.8 Å². The maximum atomic E-state index is 11.6. The van der Waals surface area contributed by atoms with Gasteiger partial charge in [-0.3, -0.25) is 4.79 Å². The zero-order chi connectivity index (χ0) is 12.5. The summed E-state index contributed by atoms with van der Waals surface area (Å²) in [5.74, 6) is -1.71. The lowest BCUT2D eigenvalue weighted by Crippen LogP contribution is -2.25. The maximum Gasteiger partial charge on any atom is 0.248 e. The van der Waals surface area contributed by atoms with Gasteiger partial charge in [-0.2, -0.15) is 0 Å². The van der Waals surface area contributed by atoms with Crippen LogP contribution in [0.25, 0.3) is 0 Å². The summed E-state index contributed by atoms with van der Waals surface area (Å²) in [6, 6.07) is 0. The monoisotopic (exact) mass is 307 g/mol. The van der Waals surface area contributed by atoms with Crippen LogP contribution >= 0.6 is 15.9 Å². The van der Waals surface area contributed by atoms with Crippen LogP contribution in [0.15, 0.2) is 9.63 Å². The van der Waals surface area contributed by atoms with Gasteiger partial charge >= 0.3 is 0 Å². The van der Waals surface area contributed by atoms with Gasteiger partial charge in [0.05, 0.1) is 15.9 Å². The summed E-state index contributed by atoms with van der Waals surface area (Å²) in [5.41, 5.74) is 5.83. The van der Waals surface area contributed by atoms with Crippen LogP contribution in [0.2, 0.25) is 0 Å². The highest BCUT2D eigenvalue weighted by atomic mass is 79.9. The van der Waals surface area contributed by atoms with E-state index in [9.17, 15) is 13.2 Å². The Hall–Kier alpha value is -1.02. The molecule has 0 saturated carbocycles. The lowest BCUT2D eigenvalue weighted by Gasteiger charge is -2.05. The van der Waals surface area contributed by atoms with Gasteiger partial charge in [0, 0.05) is 0 Å². The first-order chi connectivity index (χ1) is 7.24. The summed E-state index contributed by atoms with van der Waals surface area (Å²) in [4.78, 5) is 18.2. The number of nitrogens with zero attached hydrogens (tertiary/aromatic N) is 2. The van der Waals surface area contributed by atoms with E-state index >= 15 is 0 Å². The van der Waals surface area contributed by atoms with E-state index in [2.05, 4.69) is 25.9 Å². The number of hydrogen-bond acceptors (Lipinski definition) is 5. The fourth-order valence-electron chi connectivity index (χ4n) is 1.06. The molecule has 1 aromatic rings. The molecule has 6 nitrogen and oxygen atoms in total. The number of aryl methyl sites for hydroxylation is 2. The molecular weight excluding hydrogens is 298 g/mol. The third-order valence-electron chi connectivity index (χ3n) is 1.77. The van der Waals surface area contributed by atoms with Gasteiger partial charge in [-0.1, -0.05) is 0 Å². The van der Waals surface area contributed by atoms with Crippen molar-refractivity contribution in [3.05, 3.63) is 15.9 Å². The normalized spacial score (nSPS) is 11.4. The minimum atomic E-state index is -3.84. The number of rotatable bonds is 3. The fraction of sp³-hybridized carbons (Fsp3) is 0.375. The Morgan fingerprint density at radius 2 is 1.75 bits per heavy atom. The molecule has 1 aromatic heterocycles. The molecule has 0 saturated heterocycles. The number of hydrogen-bond donors (Lipinski definition) is 1. The van der Waals surface area contributed by atoms with E-state index in [0.717, 1.165) is 0 Å². The molecule has 0 atom stereocenters. The molecule has 0 spiro atoms. The number of primary amides is 1. The Morgan fingerprint density at radius 1 is 1.31 bits per heavy atom. The molecule has 1 amide bonds. The van der Waals surface area contributed by atoms with Crippen molar-refractivity contribution in [2.45, 2.75) is 19.0 Å². The molecule has 0 unspecified atom stereocenters. The fourth-order valence-corrected chi connectivity index (χ4v) is 2.30. The Labute approximate surface area is 101 Å². The van der Waals surface area contributed by atoms with Crippen LogP contribution in [-0.2, 0) is 14.6 Å². The predicted octanol–water partition coefficient (Wildman–Crippen LogP) is 0.115. The number of amides is 1. The number of halogens is 1. The standard InChI is InChI=1S/C8H10BrN3O3S/c1-4-7(9)5(2)12-8(11-4)16(14,15)3-6(10)13/h3H2,1-2H3,(H2,10,13). The molecule has 16 heavy (non-hydrogen) atoms. The van der Waals surface area contributed by atoms with Crippen molar-refractivity contribution >= 4 is 31.7 Å². The molecule has 2 N–H and O–H groups in total. The van der Waals surface area contributed by atoms with Crippen LogP contribution in [0, 0.1) is 13.8 Å². The van der Waals surface area contributed by atoms with Crippen LogP contribution in [0.5, 0.6) is 0 Å². The summed E-state index contributed by atoms with van der Waals surface area (Å²) in [5, 5.41) is -0.371. The Morgan fingerprint density at radius 3 is 2.12 bits per heavy atom. The molecule has 88 valence electrons. The van der Waals surface area contributed by atoms with Crippen LogP contribution in [0.4, 0.5) is 0 Å². The van der Waals surface area contributed by atoms with Gasteiger partial charge in [0.25, 0.3) is 0 Å². The van der Waals surface area contributed by atoms with E-state index in [4.69, 9.17) is 5.73 Å². The van der Waals surface area contributed by atoms with Gasteiger partial charge in [-0.25, -0.2) is 18.4 Å². The predicted molar refractivity (Wildman–Crippen MR) is 60.5 cm³/mol. The summed E-state index contributed by atoms with van der Waals surface area (Å²) in [6.07, 6.45) is 0. The first-order valence-corrected chi connectivity index (χ1v) is 6.70. The highest BCUT2D eigenvalue weighted by Gasteiger charge is 2.22. The van der Waals surface area contributed by atoms with Crippen molar-refractivity contribution in [1.29, 1.82) is 0 Å². The minimum absolute atomic E-state index is 0.371. The Balaban J connectivity index is 3.30. The average molecular weight is 308 g/mol. The number of sulfone groups is 1. The van der Waals surface area contributed by atoms with Crippen LogP contribution in [-0.4, -0.2) is 30.0 Å². The van der Waals surface area contributed by atoms with E-state index in [1.165, 1.54) is 0 Å². The molecule has 0 fully saturated rings. The van der Waals surface area contributed by atoms with E-state index < -0.39 is 21.5 Å². The minimum Gasteiger partial charge on any atom is -0.369 e. The second-order valence-corrected chi connectivity index (χ2v) is 5.89. The molecule has 0 aliphatic carbocycles. The van der Waals surface area contributed by atoms with Gasteiger partial charge in [-0.15, -0.1) is 0 Å². The molecule has 0 radical (unpaired) electrons. The molecular formula is C8H10BrN3O3S. The highest BCUT2D eigenvalue weighted by molar-refractivity contribution is 9.10. The van der Waals surface area contributed by atoms with Crippen LogP contribution < -0.4 is 5.73 Å². The summed E-state index contributed by atoms with van der Waals surface area (Å²) in [7, 11) is -3.84. The van der Waals surface area contributed by atoms with Gasteiger partial charge in [0.15, 0.2) is 0 Å². The lowest BCUT2D eigenvalue weighted by molar-refractivity contribution is -0.115. The zero-order valence-corrected chi connectivity index (χ0v) is 11.1. The second kappa shape index (κ2) is 4.46. The first-order valence-electron chi connectivity index (χ1n) is 4.26. The van der Waals surface area contributed by atoms with Crippen molar-refractivity contribution in [1.82, 2.24) is 9.97 Å². The number of carbonyl (C=O) groups excluding carboxylic acids is 1. The number of aromatic nitrogens is 2. The quantitative estimate of drug-likeness (QED) is 0.799. The van der Waals surface area contributed by atoms with E-state index in [1.54, 1.807) is 13.8 Å². The van der Waals surface area contributed by atoms with Crippen molar-refractivity contribution < 1.29 is 13.2 Å². The molecule has 0 aliphatic rings. The van der Waals surface area contributed by atoms with Crippen LogP contribution in [0.3, 0.4) is 0 Å². The van der Waals surface area contributed by atoms with E-state index in [1.807, 2.05) is 0 Å². The summed E-state index contributed by atoms with van der Waals surface area (Å²) in [6.45, 7) is 3.28. The second-order valence-electron chi connectivity index (χ2n) is 3.22. The zero-order valence-electron chi connectivity index (χ0n) is 8.69. The van der Waals surface area contributed by atoms with E-state index in [-0.39, 0.29) is 5.16 Å². The molecule has 1 heterocycles. The van der Waals surface area contributed by atoms with Crippen LogP contribution in [0.1, 0.15) is 11.4 Å². The number of carbonyl (C=O) groups is 1. The molecule has 0 bridgehead atoms. The van der Waals surface area contributed by atoms with Crippen molar-refractivity contribution in [2.75, 3.05) is 5.75 Å². The Bertz CT molecular complexity index is 518. The average Bonchev–Trinajstić information content (AvgIpc) is 2.11. The van der Waals surface area contributed by atoms with Crippen molar-refractivity contribution in [3.8, 4) is 0 Å². The maximum absolute atomic E-state index is 11.6. The largest absolute Gasteiger partial charge is 0.369 e. The summed E-state index contributed by atoms with van der Waals surface area (Å²) < 4.78 is 23.9. The molecule has 8 heteroatoms. The SMILES string of the molecule is Cc1nc(S(=O)(=O)CC(N)=O)nc(C)c1Br. The van der Waals surface area contributed by atoms with Gasteiger partial charge < -0.3 is 5.73 Å². The molecule has 0 aliphatic heterocycles. The lowest BCUT2D eigenvalue weighted by atomic mass is 10.4.